The molecule has 4 aromatic rings. The molecule has 2 heterocycles. The Hall–Kier alpha value is -3.39. The molecule has 0 saturated heterocycles. The molecule has 8 heteroatoms. The van der Waals surface area contributed by atoms with E-state index in [1.54, 1.807) is 13.2 Å². The van der Waals surface area contributed by atoms with Gasteiger partial charge >= 0.3 is 0 Å². The highest BCUT2D eigenvalue weighted by atomic mass is 16.5. The van der Waals surface area contributed by atoms with Gasteiger partial charge in [-0.15, -0.1) is 0 Å². The lowest BCUT2D eigenvalue weighted by Gasteiger charge is -2.10. The normalized spacial score (nSPS) is 11.4. The number of hydrogen-bond acceptors (Lipinski definition) is 5. The van der Waals surface area contributed by atoms with E-state index in [4.69, 9.17) is 4.74 Å². The second-order valence-electron chi connectivity index (χ2n) is 7.21. The van der Waals surface area contributed by atoms with Gasteiger partial charge in [0.1, 0.15) is 11.4 Å². The van der Waals surface area contributed by atoms with Gasteiger partial charge in [-0.25, -0.2) is 4.98 Å². The second kappa shape index (κ2) is 7.92. The van der Waals surface area contributed by atoms with Crippen molar-refractivity contribution in [1.82, 2.24) is 30.4 Å². The number of rotatable bonds is 7. The number of H-pyrrole nitrogens is 2. The highest BCUT2D eigenvalue weighted by Gasteiger charge is 2.15. The zero-order valence-corrected chi connectivity index (χ0v) is 16.7. The van der Waals surface area contributed by atoms with Gasteiger partial charge in [-0.1, -0.05) is 0 Å². The number of nitrogens with one attached hydrogen (secondary N) is 3. The fourth-order valence-electron chi connectivity index (χ4n) is 3.26. The molecule has 2 aromatic heterocycles. The van der Waals surface area contributed by atoms with Gasteiger partial charge in [-0.2, -0.15) is 5.10 Å². The molecule has 0 aliphatic heterocycles. The Bertz CT molecular complexity index is 1160. The van der Waals surface area contributed by atoms with E-state index in [2.05, 4.69) is 30.4 Å². The first-order chi connectivity index (χ1) is 14.0. The molecule has 2 aromatic carbocycles. The second-order valence-corrected chi connectivity index (χ2v) is 7.21. The van der Waals surface area contributed by atoms with Gasteiger partial charge in [0.2, 0.25) is 0 Å². The highest BCUT2D eigenvalue weighted by Crippen LogP contribution is 2.28. The first-order valence-corrected chi connectivity index (χ1v) is 9.50. The largest absolute Gasteiger partial charge is 0.497 e. The number of methoxy groups -OCH3 is 1. The lowest BCUT2D eigenvalue weighted by molar-refractivity contribution is 0.0952. The molecular weight excluding hydrogens is 368 g/mol. The molecule has 0 spiro atoms. The van der Waals surface area contributed by atoms with E-state index in [0.29, 0.717) is 23.6 Å². The number of benzene rings is 2. The third-order valence-corrected chi connectivity index (χ3v) is 4.81. The summed E-state index contributed by atoms with van der Waals surface area (Å²) in [5.74, 6) is 1.31. The molecule has 3 N–H and O–H groups in total. The predicted molar refractivity (Wildman–Crippen MR) is 113 cm³/mol. The molecule has 29 heavy (non-hydrogen) atoms. The van der Waals surface area contributed by atoms with Crippen molar-refractivity contribution in [1.29, 1.82) is 0 Å². The van der Waals surface area contributed by atoms with Gasteiger partial charge in [0.05, 0.1) is 23.7 Å². The Morgan fingerprint density at radius 2 is 2.03 bits per heavy atom. The van der Waals surface area contributed by atoms with Crippen molar-refractivity contribution in [2.24, 2.45) is 0 Å². The number of aromatic amines is 2. The number of nitrogens with zero attached hydrogens (tertiary/aromatic N) is 3. The van der Waals surface area contributed by atoms with Crippen LogP contribution in [0.15, 0.2) is 36.4 Å². The Kier molecular flexibility index (Phi) is 5.18. The smallest absolute Gasteiger partial charge is 0.251 e. The summed E-state index contributed by atoms with van der Waals surface area (Å²) in [5, 5.41) is 11.2. The number of carbonyl (C=O) groups excluding carboxylic acids is 1. The summed E-state index contributed by atoms with van der Waals surface area (Å²) >= 11 is 0. The standard InChI is InChI=1S/C21H24N6O2/c1-27(2)10-4-9-22-21(28)13-5-7-16-15(11-13)19(26-25-16)20-23-17-8-6-14(29-3)12-18(17)24-20/h5-8,11-12H,4,9-10H2,1-3H3,(H,22,28)(H,23,24)(H,25,26). The van der Waals surface area contributed by atoms with Crippen molar-refractivity contribution in [3.8, 4) is 17.3 Å². The summed E-state index contributed by atoms with van der Waals surface area (Å²) in [6.45, 7) is 1.57. The molecular formula is C21H24N6O2. The van der Waals surface area contributed by atoms with Crippen LogP contribution in [0.3, 0.4) is 0 Å². The van der Waals surface area contributed by atoms with Crippen LogP contribution in [0.5, 0.6) is 5.75 Å². The first kappa shape index (κ1) is 18.9. The summed E-state index contributed by atoms with van der Waals surface area (Å²) in [6.07, 6.45) is 0.903. The van der Waals surface area contributed by atoms with Gasteiger partial charge in [0.25, 0.3) is 5.91 Å². The van der Waals surface area contributed by atoms with Gasteiger partial charge in [-0.05, 0) is 57.4 Å². The maximum atomic E-state index is 12.5. The van der Waals surface area contributed by atoms with E-state index < -0.39 is 0 Å². The van der Waals surface area contributed by atoms with Crippen LogP contribution in [0.1, 0.15) is 16.8 Å². The molecule has 0 fully saturated rings. The maximum Gasteiger partial charge on any atom is 0.251 e. The number of imidazole rings is 1. The van der Waals surface area contributed by atoms with Crippen LogP contribution < -0.4 is 10.1 Å². The van der Waals surface area contributed by atoms with Crippen LogP contribution in [0.4, 0.5) is 0 Å². The fraction of sp³-hybridized carbons (Fsp3) is 0.286. The minimum Gasteiger partial charge on any atom is -0.497 e. The Balaban J connectivity index is 1.61. The molecule has 8 nitrogen and oxygen atoms in total. The third kappa shape index (κ3) is 3.93. The van der Waals surface area contributed by atoms with Gasteiger partial charge in [-0.3, -0.25) is 9.89 Å². The molecule has 0 saturated carbocycles. The van der Waals surface area contributed by atoms with Crippen LogP contribution in [-0.4, -0.2) is 65.3 Å². The van der Waals surface area contributed by atoms with E-state index in [1.165, 1.54) is 0 Å². The summed E-state index contributed by atoms with van der Waals surface area (Å²) in [7, 11) is 5.67. The fourth-order valence-corrected chi connectivity index (χ4v) is 3.26. The molecule has 150 valence electrons. The van der Waals surface area contributed by atoms with Crippen molar-refractivity contribution in [3.05, 3.63) is 42.0 Å². The van der Waals surface area contributed by atoms with Crippen LogP contribution >= 0.6 is 0 Å². The number of carbonyl (C=O) groups is 1. The van der Waals surface area contributed by atoms with Gasteiger partial charge in [0.15, 0.2) is 5.82 Å². The summed E-state index contributed by atoms with van der Waals surface area (Å²) < 4.78 is 5.27. The van der Waals surface area contributed by atoms with Crippen molar-refractivity contribution in [3.63, 3.8) is 0 Å². The number of ether oxygens (including phenoxy) is 1. The number of aromatic nitrogens is 4. The van der Waals surface area contributed by atoms with Crippen LogP contribution in [-0.2, 0) is 0 Å². The summed E-state index contributed by atoms with van der Waals surface area (Å²) in [4.78, 5) is 22.5. The number of amides is 1. The maximum absolute atomic E-state index is 12.5. The van der Waals surface area contributed by atoms with E-state index in [9.17, 15) is 4.79 Å². The highest BCUT2D eigenvalue weighted by molar-refractivity contribution is 6.01. The quantitative estimate of drug-likeness (QED) is 0.420. The molecule has 0 bridgehead atoms. The molecule has 1 amide bonds. The predicted octanol–water partition coefficient (Wildman–Crippen LogP) is 2.80. The van der Waals surface area contributed by atoms with Crippen LogP contribution in [0, 0.1) is 0 Å². The molecule has 0 unspecified atom stereocenters. The Labute approximate surface area is 168 Å². The monoisotopic (exact) mass is 392 g/mol. The van der Waals surface area contributed by atoms with Crippen LogP contribution in [0.2, 0.25) is 0 Å². The third-order valence-electron chi connectivity index (χ3n) is 4.81. The van der Waals surface area contributed by atoms with Crippen molar-refractivity contribution < 1.29 is 9.53 Å². The summed E-state index contributed by atoms with van der Waals surface area (Å²) in [5.41, 5.74) is 3.82. The molecule has 4 rings (SSSR count). The lowest BCUT2D eigenvalue weighted by atomic mass is 10.1. The zero-order chi connectivity index (χ0) is 20.4. The number of hydrogen-bond donors (Lipinski definition) is 3. The molecule has 0 atom stereocenters. The lowest BCUT2D eigenvalue weighted by Crippen LogP contribution is -2.27. The van der Waals surface area contributed by atoms with Crippen molar-refractivity contribution in [2.45, 2.75) is 6.42 Å². The van der Waals surface area contributed by atoms with Crippen molar-refractivity contribution in [2.75, 3.05) is 34.3 Å². The average molecular weight is 392 g/mol. The van der Waals surface area contributed by atoms with Gasteiger partial charge in [0, 0.05) is 23.6 Å². The van der Waals surface area contributed by atoms with E-state index in [0.717, 1.165) is 40.7 Å². The topological polar surface area (TPSA) is 98.9 Å². The average Bonchev–Trinajstić information content (AvgIpc) is 3.33. The molecule has 0 aliphatic carbocycles. The van der Waals surface area contributed by atoms with Crippen LogP contribution in [0.25, 0.3) is 33.5 Å². The SMILES string of the molecule is COc1ccc2nc(-c3n[nH]c4ccc(C(=O)NCCCN(C)C)cc34)[nH]c2c1. The van der Waals surface area contributed by atoms with E-state index in [1.807, 2.05) is 44.4 Å². The van der Waals surface area contributed by atoms with Gasteiger partial charge < -0.3 is 19.9 Å². The Morgan fingerprint density at radius 3 is 2.83 bits per heavy atom. The summed E-state index contributed by atoms with van der Waals surface area (Å²) in [6, 6.07) is 11.2. The molecule has 0 radical (unpaired) electrons. The number of fused-ring (bicyclic) bond motifs is 2. The first-order valence-electron chi connectivity index (χ1n) is 9.50. The Morgan fingerprint density at radius 1 is 1.17 bits per heavy atom. The molecule has 0 aliphatic rings. The zero-order valence-electron chi connectivity index (χ0n) is 16.7. The van der Waals surface area contributed by atoms with Crippen molar-refractivity contribution >= 4 is 27.8 Å². The minimum atomic E-state index is -0.0906. The van der Waals surface area contributed by atoms with E-state index >= 15 is 0 Å². The minimum absolute atomic E-state index is 0.0906. The van der Waals surface area contributed by atoms with E-state index in [-0.39, 0.29) is 5.91 Å².